The third kappa shape index (κ3) is 1.26. The molecule has 1 aliphatic carbocycles. The van der Waals surface area contributed by atoms with Crippen molar-refractivity contribution in [1.82, 2.24) is 9.80 Å². The van der Waals surface area contributed by atoms with Crippen LogP contribution in [0.2, 0.25) is 0 Å². The van der Waals surface area contributed by atoms with Crippen LogP contribution in [0.4, 0.5) is 4.79 Å². The van der Waals surface area contributed by atoms with Crippen LogP contribution in [-0.4, -0.2) is 33.8 Å². The smallest absolute Gasteiger partial charge is 0.308 e. The Morgan fingerprint density at radius 3 is 2.50 bits per heavy atom. The minimum absolute atomic E-state index is 0.0111. The van der Waals surface area contributed by atoms with Gasteiger partial charge in [-0.15, -0.1) is 0 Å². The molecular formula is C14H14N2O2. The molecule has 3 amide bonds. The lowest BCUT2D eigenvalue weighted by atomic mass is 9.95. The number of hydrogen-bond acceptors (Lipinski definition) is 2. The minimum Gasteiger partial charge on any atom is -0.308 e. The van der Waals surface area contributed by atoms with E-state index in [0.29, 0.717) is 13.0 Å². The fraction of sp³-hybridized carbons (Fsp3) is 0.429. The van der Waals surface area contributed by atoms with Crippen molar-refractivity contribution < 1.29 is 9.59 Å². The molecule has 92 valence electrons. The summed E-state index contributed by atoms with van der Waals surface area (Å²) in [5, 5.41) is 0. The number of nitrogens with zero attached hydrogens (tertiary/aromatic N) is 2. The molecule has 2 aliphatic heterocycles. The van der Waals surface area contributed by atoms with Gasteiger partial charge < -0.3 is 4.90 Å². The summed E-state index contributed by atoms with van der Waals surface area (Å²) in [6.45, 7) is 0.578. The predicted molar refractivity (Wildman–Crippen MR) is 64.7 cm³/mol. The van der Waals surface area contributed by atoms with E-state index < -0.39 is 0 Å². The van der Waals surface area contributed by atoms with Crippen LogP contribution in [0, 0.1) is 0 Å². The zero-order valence-corrected chi connectivity index (χ0v) is 10.0. The summed E-state index contributed by atoms with van der Waals surface area (Å²) in [5.74, 6) is 0.0111. The molecule has 3 aliphatic rings. The summed E-state index contributed by atoms with van der Waals surface area (Å²) < 4.78 is 0. The second-order valence-electron chi connectivity index (χ2n) is 5.34. The van der Waals surface area contributed by atoms with Crippen molar-refractivity contribution in [3.05, 3.63) is 35.4 Å². The topological polar surface area (TPSA) is 40.6 Å². The van der Waals surface area contributed by atoms with Gasteiger partial charge in [-0.1, -0.05) is 24.3 Å². The van der Waals surface area contributed by atoms with Crippen LogP contribution in [-0.2, 0) is 17.8 Å². The molecule has 4 nitrogen and oxygen atoms in total. The number of benzene rings is 1. The molecule has 18 heavy (non-hydrogen) atoms. The summed E-state index contributed by atoms with van der Waals surface area (Å²) >= 11 is 0. The molecular weight excluding hydrogens is 228 g/mol. The van der Waals surface area contributed by atoms with Gasteiger partial charge >= 0.3 is 6.03 Å². The Balaban J connectivity index is 1.72. The van der Waals surface area contributed by atoms with E-state index in [0.717, 1.165) is 12.8 Å². The highest BCUT2D eigenvalue weighted by Gasteiger charge is 2.51. The molecule has 2 fully saturated rings. The van der Waals surface area contributed by atoms with Crippen molar-refractivity contribution in [1.29, 1.82) is 0 Å². The van der Waals surface area contributed by atoms with Crippen LogP contribution in [0.25, 0.3) is 0 Å². The van der Waals surface area contributed by atoms with Gasteiger partial charge in [0, 0.05) is 19.0 Å². The lowest BCUT2D eigenvalue weighted by molar-refractivity contribution is -0.128. The molecule has 0 spiro atoms. The standard InChI is InChI=1S/C14H14N2O2/c17-13-12-7-9-3-1-2-4-10(9)8-15(12)14(18)16(13)11-5-6-11/h1-4,11-12H,5-8H2. The van der Waals surface area contributed by atoms with Crippen LogP contribution in [0.1, 0.15) is 24.0 Å². The highest BCUT2D eigenvalue weighted by molar-refractivity contribution is 6.05. The Kier molecular flexibility index (Phi) is 1.88. The summed E-state index contributed by atoms with van der Waals surface area (Å²) in [4.78, 5) is 27.8. The fourth-order valence-electron chi connectivity index (χ4n) is 3.01. The highest BCUT2D eigenvalue weighted by atomic mass is 16.2. The van der Waals surface area contributed by atoms with Crippen molar-refractivity contribution in [2.75, 3.05) is 0 Å². The van der Waals surface area contributed by atoms with Crippen molar-refractivity contribution in [2.45, 2.75) is 37.9 Å². The fourth-order valence-corrected chi connectivity index (χ4v) is 3.01. The Hall–Kier alpha value is -1.84. The first-order valence-corrected chi connectivity index (χ1v) is 6.46. The molecule has 1 atom stereocenters. The largest absolute Gasteiger partial charge is 0.328 e. The maximum Gasteiger partial charge on any atom is 0.328 e. The van der Waals surface area contributed by atoms with Crippen molar-refractivity contribution in [2.24, 2.45) is 0 Å². The Morgan fingerprint density at radius 2 is 1.78 bits per heavy atom. The van der Waals surface area contributed by atoms with E-state index in [1.165, 1.54) is 16.0 Å². The third-order valence-electron chi connectivity index (χ3n) is 4.13. The van der Waals surface area contributed by atoms with Crippen LogP contribution in [0.5, 0.6) is 0 Å². The van der Waals surface area contributed by atoms with Crippen molar-refractivity contribution >= 4 is 11.9 Å². The van der Waals surface area contributed by atoms with Gasteiger partial charge in [0.05, 0.1) is 0 Å². The average Bonchev–Trinajstić information content (AvgIpc) is 3.18. The zero-order chi connectivity index (χ0) is 12.3. The summed E-state index contributed by atoms with van der Waals surface area (Å²) in [6.07, 6.45) is 2.62. The predicted octanol–water partition coefficient (Wildman–Crippen LogP) is 1.54. The maximum atomic E-state index is 12.3. The molecule has 2 heterocycles. The minimum atomic E-state index is -0.256. The van der Waals surface area contributed by atoms with E-state index in [1.54, 1.807) is 4.90 Å². The average molecular weight is 242 g/mol. The first-order valence-electron chi connectivity index (χ1n) is 6.46. The van der Waals surface area contributed by atoms with Crippen LogP contribution < -0.4 is 0 Å². The lowest BCUT2D eigenvalue weighted by Gasteiger charge is -2.28. The zero-order valence-electron chi connectivity index (χ0n) is 10.0. The van der Waals surface area contributed by atoms with Gasteiger partial charge in [0.1, 0.15) is 6.04 Å². The number of urea groups is 1. The first kappa shape index (κ1) is 10.1. The third-order valence-corrected chi connectivity index (χ3v) is 4.13. The van der Waals surface area contributed by atoms with Crippen molar-refractivity contribution in [3.63, 3.8) is 0 Å². The van der Waals surface area contributed by atoms with Gasteiger partial charge in [-0.3, -0.25) is 9.69 Å². The Morgan fingerprint density at radius 1 is 1.06 bits per heavy atom. The number of fused-ring (bicyclic) bond motifs is 2. The van der Waals surface area contributed by atoms with E-state index in [-0.39, 0.29) is 24.0 Å². The molecule has 1 aromatic rings. The normalized spacial score (nSPS) is 26.3. The number of imide groups is 1. The van der Waals surface area contributed by atoms with Crippen LogP contribution in [0.3, 0.4) is 0 Å². The van der Waals surface area contributed by atoms with Gasteiger partial charge in [0.2, 0.25) is 0 Å². The molecule has 1 unspecified atom stereocenters. The quantitative estimate of drug-likeness (QED) is 0.701. The van der Waals surface area contributed by atoms with Gasteiger partial charge in [0.25, 0.3) is 5.91 Å². The molecule has 4 rings (SSSR count). The summed E-state index contributed by atoms with van der Waals surface area (Å²) in [6, 6.07) is 7.93. The van der Waals surface area contributed by atoms with E-state index in [1.807, 2.05) is 18.2 Å². The number of rotatable bonds is 1. The van der Waals surface area contributed by atoms with Crippen LogP contribution >= 0.6 is 0 Å². The van der Waals surface area contributed by atoms with Crippen molar-refractivity contribution in [3.8, 4) is 0 Å². The molecule has 1 saturated heterocycles. The molecule has 0 aromatic heterocycles. The van der Waals surface area contributed by atoms with Crippen LogP contribution in [0.15, 0.2) is 24.3 Å². The van der Waals surface area contributed by atoms with Gasteiger partial charge in [-0.05, 0) is 24.0 Å². The van der Waals surface area contributed by atoms with E-state index in [9.17, 15) is 9.59 Å². The second kappa shape index (κ2) is 3.34. The van der Waals surface area contributed by atoms with Gasteiger partial charge in [0.15, 0.2) is 0 Å². The number of carbonyl (C=O) groups excluding carboxylic acids is 2. The van der Waals surface area contributed by atoms with E-state index in [4.69, 9.17) is 0 Å². The molecule has 1 aromatic carbocycles. The van der Waals surface area contributed by atoms with Gasteiger partial charge in [-0.2, -0.15) is 0 Å². The summed E-state index contributed by atoms with van der Waals surface area (Å²) in [7, 11) is 0. The lowest BCUT2D eigenvalue weighted by Crippen LogP contribution is -2.39. The SMILES string of the molecule is O=C1C2Cc3ccccc3CN2C(=O)N1C1CC1. The maximum absolute atomic E-state index is 12.3. The molecule has 0 bridgehead atoms. The van der Waals surface area contributed by atoms with Gasteiger partial charge in [-0.25, -0.2) is 4.79 Å². The van der Waals surface area contributed by atoms with E-state index >= 15 is 0 Å². The highest BCUT2D eigenvalue weighted by Crippen LogP contribution is 2.36. The monoisotopic (exact) mass is 242 g/mol. The van der Waals surface area contributed by atoms with E-state index in [2.05, 4.69) is 6.07 Å². The summed E-state index contributed by atoms with van der Waals surface area (Å²) in [5.41, 5.74) is 2.38. The molecule has 4 heteroatoms. The molecule has 0 radical (unpaired) electrons. The Bertz CT molecular complexity index is 507. The first-order chi connectivity index (χ1) is 8.75. The number of hydrogen-bond donors (Lipinski definition) is 0. The molecule has 1 saturated carbocycles. The number of carbonyl (C=O) groups is 2. The Labute approximate surface area is 105 Å². The second-order valence-corrected chi connectivity index (χ2v) is 5.34. The molecule has 0 N–H and O–H groups in total. The number of amides is 3.